The van der Waals surface area contributed by atoms with Crippen LogP contribution in [-0.4, -0.2) is 21.5 Å². The first kappa shape index (κ1) is 18.4. The number of anilines is 1. The van der Waals surface area contributed by atoms with E-state index in [1.54, 1.807) is 18.5 Å². The lowest BCUT2D eigenvalue weighted by atomic mass is 10.1. The van der Waals surface area contributed by atoms with E-state index in [2.05, 4.69) is 10.4 Å². The van der Waals surface area contributed by atoms with Gasteiger partial charge in [-0.1, -0.05) is 29.8 Å². The van der Waals surface area contributed by atoms with E-state index >= 15 is 0 Å². The van der Waals surface area contributed by atoms with Gasteiger partial charge >= 0.3 is 0 Å². The largest absolute Gasteiger partial charge is 0.319 e. The summed E-state index contributed by atoms with van der Waals surface area (Å²) in [4.78, 5) is 25.1. The van der Waals surface area contributed by atoms with Crippen LogP contribution in [0.1, 0.15) is 27.3 Å². The van der Waals surface area contributed by atoms with E-state index in [-0.39, 0.29) is 16.1 Å². The molecule has 0 atom stereocenters. The standard InChI is InChI=1S/C20H15ClN4O2/c1-12-18(13(2)25(24-12)16-6-4-3-5-7-16)19(26)20(27)23-15-9-8-14(11-22)17(21)10-15/h3-10H,1-2H3,(H,23,27). The second kappa shape index (κ2) is 7.44. The zero-order chi connectivity index (χ0) is 19.6. The molecule has 134 valence electrons. The number of Topliss-reactive ketones (excluding diaryl/α,β-unsaturated/α-hetero) is 1. The number of nitrogens with zero attached hydrogens (tertiary/aromatic N) is 3. The fourth-order valence-corrected chi connectivity index (χ4v) is 3.00. The zero-order valence-corrected chi connectivity index (χ0v) is 15.4. The third kappa shape index (κ3) is 3.59. The molecule has 3 rings (SSSR count). The van der Waals surface area contributed by atoms with Crippen LogP contribution in [0.3, 0.4) is 0 Å². The summed E-state index contributed by atoms with van der Waals surface area (Å²) in [6.07, 6.45) is 0. The molecule has 0 saturated heterocycles. The maximum atomic E-state index is 12.7. The molecule has 6 nitrogen and oxygen atoms in total. The number of carbonyl (C=O) groups excluding carboxylic acids is 2. The molecule has 1 amide bonds. The maximum Gasteiger partial charge on any atom is 0.296 e. The van der Waals surface area contributed by atoms with E-state index in [1.165, 1.54) is 18.2 Å². The van der Waals surface area contributed by atoms with Crippen molar-refractivity contribution in [2.24, 2.45) is 0 Å². The van der Waals surface area contributed by atoms with Gasteiger partial charge in [-0.15, -0.1) is 0 Å². The van der Waals surface area contributed by atoms with Crippen LogP contribution >= 0.6 is 11.6 Å². The minimum Gasteiger partial charge on any atom is -0.319 e. The lowest BCUT2D eigenvalue weighted by Crippen LogP contribution is -2.24. The number of benzene rings is 2. The number of aryl methyl sites for hydroxylation is 1. The minimum absolute atomic E-state index is 0.201. The summed E-state index contributed by atoms with van der Waals surface area (Å²) >= 11 is 5.96. The van der Waals surface area contributed by atoms with Crippen molar-refractivity contribution < 1.29 is 9.59 Å². The Kier molecular flexibility index (Phi) is 5.06. The Bertz CT molecular complexity index is 1080. The molecule has 0 bridgehead atoms. The Hall–Kier alpha value is -3.43. The minimum atomic E-state index is -0.797. The molecule has 3 aromatic rings. The Labute approximate surface area is 161 Å². The van der Waals surface area contributed by atoms with Gasteiger partial charge in [-0.25, -0.2) is 4.68 Å². The Morgan fingerprint density at radius 3 is 2.48 bits per heavy atom. The molecule has 27 heavy (non-hydrogen) atoms. The molecule has 0 aliphatic heterocycles. The van der Waals surface area contributed by atoms with Gasteiger partial charge in [0.25, 0.3) is 11.7 Å². The third-order valence-electron chi connectivity index (χ3n) is 4.07. The van der Waals surface area contributed by atoms with Gasteiger partial charge in [0, 0.05) is 5.69 Å². The van der Waals surface area contributed by atoms with Crippen molar-refractivity contribution >= 4 is 29.0 Å². The van der Waals surface area contributed by atoms with Gasteiger partial charge in [-0.2, -0.15) is 10.4 Å². The van der Waals surface area contributed by atoms with Crippen molar-refractivity contribution in [1.29, 1.82) is 5.26 Å². The first-order valence-corrected chi connectivity index (χ1v) is 8.47. The number of hydrogen-bond donors (Lipinski definition) is 1. The summed E-state index contributed by atoms with van der Waals surface area (Å²) in [6.45, 7) is 3.43. The fraction of sp³-hybridized carbons (Fsp3) is 0.100. The molecular formula is C20H15ClN4O2. The average Bonchev–Trinajstić information content (AvgIpc) is 2.96. The first-order valence-electron chi connectivity index (χ1n) is 8.09. The van der Waals surface area contributed by atoms with Crippen molar-refractivity contribution in [2.75, 3.05) is 5.32 Å². The van der Waals surface area contributed by atoms with E-state index in [4.69, 9.17) is 16.9 Å². The van der Waals surface area contributed by atoms with Crippen molar-refractivity contribution in [3.8, 4) is 11.8 Å². The average molecular weight is 379 g/mol. The quantitative estimate of drug-likeness (QED) is 0.552. The van der Waals surface area contributed by atoms with Crippen molar-refractivity contribution in [3.63, 3.8) is 0 Å². The van der Waals surface area contributed by atoms with Gasteiger partial charge < -0.3 is 5.32 Å². The highest BCUT2D eigenvalue weighted by Crippen LogP contribution is 2.22. The highest BCUT2D eigenvalue weighted by atomic mass is 35.5. The Morgan fingerprint density at radius 1 is 1.15 bits per heavy atom. The lowest BCUT2D eigenvalue weighted by Gasteiger charge is -2.07. The lowest BCUT2D eigenvalue weighted by molar-refractivity contribution is -0.112. The van der Waals surface area contributed by atoms with Crippen LogP contribution in [0.15, 0.2) is 48.5 Å². The SMILES string of the molecule is Cc1nn(-c2ccccc2)c(C)c1C(=O)C(=O)Nc1ccc(C#N)c(Cl)c1. The summed E-state index contributed by atoms with van der Waals surface area (Å²) in [5, 5.41) is 16.0. The number of hydrogen-bond acceptors (Lipinski definition) is 4. The normalized spacial score (nSPS) is 10.3. The zero-order valence-electron chi connectivity index (χ0n) is 14.7. The summed E-state index contributed by atoms with van der Waals surface area (Å²) in [5.74, 6) is -1.48. The van der Waals surface area contributed by atoms with Crippen LogP contribution in [0.25, 0.3) is 5.69 Å². The topological polar surface area (TPSA) is 87.8 Å². The molecule has 1 N–H and O–H groups in total. The Morgan fingerprint density at radius 2 is 1.85 bits per heavy atom. The molecule has 1 aromatic heterocycles. The predicted molar refractivity (Wildman–Crippen MR) is 102 cm³/mol. The molecule has 7 heteroatoms. The van der Waals surface area contributed by atoms with Gasteiger partial charge in [0.2, 0.25) is 0 Å². The molecule has 0 fully saturated rings. The van der Waals surface area contributed by atoms with Crippen LogP contribution < -0.4 is 5.32 Å². The van der Waals surface area contributed by atoms with Crippen LogP contribution in [0, 0.1) is 25.2 Å². The smallest absolute Gasteiger partial charge is 0.296 e. The molecule has 0 saturated carbocycles. The molecular weight excluding hydrogens is 364 g/mol. The second-order valence-corrected chi connectivity index (χ2v) is 6.29. The second-order valence-electron chi connectivity index (χ2n) is 5.88. The van der Waals surface area contributed by atoms with Crippen molar-refractivity contribution in [2.45, 2.75) is 13.8 Å². The third-order valence-corrected chi connectivity index (χ3v) is 4.39. The molecule has 1 heterocycles. The number of ketones is 1. The predicted octanol–water partition coefficient (Wildman–Crippen LogP) is 3.84. The van der Waals surface area contributed by atoms with Crippen molar-refractivity contribution in [1.82, 2.24) is 9.78 Å². The fourth-order valence-electron chi connectivity index (χ4n) is 2.78. The van der Waals surface area contributed by atoms with E-state index < -0.39 is 11.7 Å². The van der Waals surface area contributed by atoms with Crippen LogP contribution in [0.2, 0.25) is 5.02 Å². The summed E-state index contributed by atoms with van der Waals surface area (Å²) < 4.78 is 1.63. The van der Waals surface area contributed by atoms with Crippen LogP contribution in [0.5, 0.6) is 0 Å². The highest BCUT2D eigenvalue weighted by molar-refractivity contribution is 6.47. The van der Waals surface area contributed by atoms with Crippen molar-refractivity contribution in [3.05, 3.63) is 76.1 Å². The summed E-state index contributed by atoms with van der Waals surface area (Å²) in [5.41, 5.74) is 2.73. The van der Waals surface area contributed by atoms with E-state index in [1.807, 2.05) is 36.4 Å². The van der Waals surface area contributed by atoms with Crippen LogP contribution in [0.4, 0.5) is 5.69 Å². The molecule has 2 aromatic carbocycles. The van der Waals surface area contributed by atoms with E-state index in [9.17, 15) is 9.59 Å². The molecule has 0 unspecified atom stereocenters. The van der Waals surface area contributed by atoms with Gasteiger partial charge in [-0.3, -0.25) is 9.59 Å². The Balaban J connectivity index is 1.88. The van der Waals surface area contributed by atoms with Crippen LogP contribution in [-0.2, 0) is 4.79 Å². The van der Waals surface area contributed by atoms with E-state index in [0.29, 0.717) is 17.1 Å². The number of nitriles is 1. The monoisotopic (exact) mass is 378 g/mol. The number of aromatic nitrogens is 2. The highest BCUT2D eigenvalue weighted by Gasteiger charge is 2.25. The molecule has 0 aliphatic carbocycles. The number of amides is 1. The number of para-hydroxylation sites is 1. The number of rotatable bonds is 4. The van der Waals surface area contributed by atoms with Gasteiger partial charge in [0.05, 0.1) is 33.2 Å². The molecule has 0 radical (unpaired) electrons. The summed E-state index contributed by atoms with van der Waals surface area (Å²) in [6, 6.07) is 15.7. The van der Waals surface area contributed by atoms with Gasteiger partial charge in [0.1, 0.15) is 6.07 Å². The van der Waals surface area contributed by atoms with Gasteiger partial charge in [-0.05, 0) is 44.2 Å². The number of carbonyl (C=O) groups is 2. The summed E-state index contributed by atoms with van der Waals surface area (Å²) in [7, 11) is 0. The van der Waals surface area contributed by atoms with E-state index in [0.717, 1.165) is 5.69 Å². The van der Waals surface area contributed by atoms with Gasteiger partial charge in [0.15, 0.2) is 0 Å². The molecule has 0 aliphatic rings. The first-order chi connectivity index (χ1) is 12.9. The maximum absolute atomic E-state index is 12.7. The number of halogens is 1. The molecule has 0 spiro atoms. The number of nitrogens with one attached hydrogen (secondary N) is 1.